The lowest BCUT2D eigenvalue weighted by molar-refractivity contribution is 0.511. The van der Waals surface area contributed by atoms with Gasteiger partial charge in [-0.1, -0.05) is 25.5 Å². The number of fused-ring (bicyclic) bond motifs is 1. The van der Waals surface area contributed by atoms with E-state index in [1.165, 1.54) is 30.3 Å². The van der Waals surface area contributed by atoms with Crippen molar-refractivity contribution in [3.05, 3.63) is 71.3 Å². The van der Waals surface area contributed by atoms with E-state index < -0.39 is 23.3 Å². The fourth-order valence-electron chi connectivity index (χ4n) is 2.73. The minimum atomic E-state index is -0.992. The highest BCUT2D eigenvalue weighted by molar-refractivity contribution is 5.87. The third-order valence-electron chi connectivity index (χ3n) is 3.81. The molecule has 0 nitrogen and oxygen atoms in total. The molecular formula is C19H14F4. The zero-order valence-electron chi connectivity index (χ0n) is 12.5. The SMILES string of the molecule is CCCc1cc(F)c(-c2ccc3cc(F)c(F)cc3c2)c(F)c1. The van der Waals surface area contributed by atoms with E-state index in [-0.39, 0.29) is 5.56 Å². The molecule has 0 aliphatic heterocycles. The third-order valence-corrected chi connectivity index (χ3v) is 3.81. The highest BCUT2D eigenvalue weighted by atomic mass is 19.2. The second-order valence-corrected chi connectivity index (χ2v) is 5.51. The first kappa shape index (κ1) is 15.5. The predicted octanol–water partition coefficient (Wildman–Crippen LogP) is 6.02. The first-order chi connectivity index (χ1) is 11.0. The van der Waals surface area contributed by atoms with Crippen molar-refractivity contribution in [2.45, 2.75) is 19.8 Å². The summed E-state index contributed by atoms with van der Waals surface area (Å²) in [6.45, 7) is 1.93. The van der Waals surface area contributed by atoms with Crippen LogP contribution in [0.5, 0.6) is 0 Å². The molecule has 3 rings (SSSR count). The molecule has 0 atom stereocenters. The molecule has 0 saturated carbocycles. The van der Waals surface area contributed by atoms with Crippen LogP contribution < -0.4 is 0 Å². The highest BCUT2D eigenvalue weighted by Gasteiger charge is 2.14. The molecule has 3 aromatic carbocycles. The van der Waals surface area contributed by atoms with Gasteiger partial charge in [-0.3, -0.25) is 0 Å². The molecule has 0 amide bonds. The first-order valence-electron chi connectivity index (χ1n) is 7.36. The second-order valence-electron chi connectivity index (χ2n) is 5.51. The molecule has 0 aliphatic carbocycles. The van der Waals surface area contributed by atoms with Gasteiger partial charge in [0, 0.05) is 0 Å². The Morgan fingerprint density at radius 2 is 1.30 bits per heavy atom. The van der Waals surface area contributed by atoms with E-state index >= 15 is 0 Å². The van der Waals surface area contributed by atoms with Crippen LogP contribution in [0.2, 0.25) is 0 Å². The van der Waals surface area contributed by atoms with Gasteiger partial charge in [0.1, 0.15) is 11.6 Å². The summed E-state index contributed by atoms with van der Waals surface area (Å²) in [5.41, 5.74) is 0.734. The summed E-state index contributed by atoms with van der Waals surface area (Å²) in [6.07, 6.45) is 1.38. The molecule has 0 bridgehead atoms. The Morgan fingerprint density at radius 1 is 0.696 bits per heavy atom. The molecule has 0 fully saturated rings. The van der Waals surface area contributed by atoms with Crippen molar-refractivity contribution >= 4 is 10.8 Å². The lowest BCUT2D eigenvalue weighted by Crippen LogP contribution is -1.95. The summed E-state index contributed by atoms with van der Waals surface area (Å²) in [6, 6.07) is 9.20. The lowest BCUT2D eigenvalue weighted by atomic mass is 9.98. The molecular weight excluding hydrogens is 304 g/mol. The summed E-state index contributed by atoms with van der Waals surface area (Å²) in [5, 5.41) is 0.855. The maximum absolute atomic E-state index is 14.3. The molecule has 0 spiro atoms. The maximum atomic E-state index is 14.3. The van der Waals surface area contributed by atoms with Crippen LogP contribution in [-0.4, -0.2) is 0 Å². The van der Waals surface area contributed by atoms with E-state index in [0.29, 0.717) is 28.3 Å². The number of benzene rings is 3. The molecule has 23 heavy (non-hydrogen) atoms. The van der Waals surface area contributed by atoms with Crippen molar-refractivity contribution in [1.29, 1.82) is 0 Å². The van der Waals surface area contributed by atoms with Gasteiger partial charge in [-0.2, -0.15) is 0 Å². The molecule has 3 aromatic rings. The van der Waals surface area contributed by atoms with Gasteiger partial charge in [0.15, 0.2) is 11.6 Å². The predicted molar refractivity (Wildman–Crippen MR) is 83.2 cm³/mol. The number of aryl methyl sites for hydroxylation is 1. The van der Waals surface area contributed by atoms with E-state index in [1.54, 1.807) is 0 Å². The zero-order chi connectivity index (χ0) is 16.6. The van der Waals surface area contributed by atoms with Crippen molar-refractivity contribution in [2.75, 3.05) is 0 Å². The normalized spacial score (nSPS) is 11.2. The minimum Gasteiger partial charge on any atom is -0.206 e. The average molecular weight is 318 g/mol. The van der Waals surface area contributed by atoms with Crippen molar-refractivity contribution in [3.8, 4) is 11.1 Å². The van der Waals surface area contributed by atoms with Gasteiger partial charge < -0.3 is 0 Å². The molecule has 0 N–H and O–H groups in total. The second kappa shape index (κ2) is 6.03. The molecule has 0 aromatic heterocycles. The smallest absolute Gasteiger partial charge is 0.159 e. The number of hydrogen-bond acceptors (Lipinski definition) is 0. The van der Waals surface area contributed by atoms with Gasteiger partial charge in [-0.15, -0.1) is 0 Å². The number of rotatable bonds is 3. The van der Waals surface area contributed by atoms with Gasteiger partial charge in [0.2, 0.25) is 0 Å². The van der Waals surface area contributed by atoms with E-state index in [9.17, 15) is 17.6 Å². The van der Waals surface area contributed by atoms with Crippen molar-refractivity contribution in [2.24, 2.45) is 0 Å². The summed E-state index contributed by atoms with van der Waals surface area (Å²) in [7, 11) is 0. The van der Waals surface area contributed by atoms with Gasteiger partial charge in [-0.25, -0.2) is 17.6 Å². The van der Waals surface area contributed by atoms with Gasteiger partial charge in [0.25, 0.3) is 0 Å². The van der Waals surface area contributed by atoms with E-state index in [1.807, 2.05) is 6.92 Å². The Labute approximate surface area is 131 Å². The van der Waals surface area contributed by atoms with Gasteiger partial charge in [-0.05, 0) is 58.7 Å². The Bertz CT molecular complexity index is 861. The number of hydrogen-bond donors (Lipinski definition) is 0. The van der Waals surface area contributed by atoms with E-state index in [0.717, 1.165) is 18.6 Å². The van der Waals surface area contributed by atoms with Crippen LogP contribution >= 0.6 is 0 Å². The zero-order valence-corrected chi connectivity index (χ0v) is 12.5. The molecule has 118 valence electrons. The third kappa shape index (κ3) is 2.93. The topological polar surface area (TPSA) is 0 Å². The van der Waals surface area contributed by atoms with Crippen LogP contribution in [0.25, 0.3) is 21.9 Å². The minimum absolute atomic E-state index is 0.156. The van der Waals surface area contributed by atoms with Crippen LogP contribution in [0.4, 0.5) is 17.6 Å². The molecule has 4 heteroatoms. The monoisotopic (exact) mass is 318 g/mol. The van der Waals surface area contributed by atoms with Crippen LogP contribution in [-0.2, 0) is 6.42 Å². The summed E-state index contributed by atoms with van der Waals surface area (Å²) in [4.78, 5) is 0. The highest BCUT2D eigenvalue weighted by Crippen LogP contribution is 2.31. The molecule has 0 saturated heterocycles. The van der Waals surface area contributed by atoms with Crippen molar-refractivity contribution < 1.29 is 17.6 Å². The Kier molecular flexibility index (Phi) is 4.07. The standard InChI is InChI=1S/C19H14F4/c1-2-3-11-6-17(22)19(18(23)7-11)13-5-4-12-9-15(20)16(21)10-14(12)8-13/h4-10H,2-3H2,1H3. The number of halogens is 4. The fraction of sp³-hybridized carbons (Fsp3) is 0.158. The van der Waals surface area contributed by atoms with Crippen LogP contribution in [0.3, 0.4) is 0 Å². The van der Waals surface area contributed by atoms with Crippen LogP contribution in [0.1, 0.15) is 18.9 Å². The van der Waals surface area contributed by atoms with E-state index in [4.69, 9.17) is 0 Å². The fourth-order valence-corrected chi connectivity index (χ4v) is 2.73. The van der Waals surface area contributed by atoms with Crippen LogP contribution in [0, 0.1) is 23.3 Å². The first-order valence-corrected chi connectivity index (χ1v) is 7.36. The molecule has 0 aliphatic rings. The van der Waals surface area contributed by atoms with Crippen molar-refractivity contribution in [1.82, 2.24) is 0 Å². The summed E-state index contributed by atoms with van der Waals surface area (Å²) >= 11 is 0. The van der Waals surface area contributed by atoms with Crippen molar-refractivity contribution in [3.63, 3.8) is 0 Å². The lowest BCUT2D eigenvalue weighted by Gasteiger charge is -2.09. The Morgan fingerprint density at radius 3 is 1.91 bits per heavy atom. The van der Waals surface area contributed by atoms with Gasteiger partial charge >= 0.3 is 0 Å². The quantitative estimate of drug-likeness (QED) is 0.518. The largest absolute Gasteiger partial charge is 0.206 e. The van der Waals surface area contributed by atoms with Gasteiger partial charge in [0.05, 0.1) is 5.56 Å². The molecule has 0 unspecified atom stereocenters. The van der Waals surface area contributed by atoms with Crippen LogP contribution in [0.15, 0.2) is 42.5 Å². The molecule has 0 heterocycles. The van der Waals surface area contributed by atoms with E-state index in [2.05, 4.69) is 0 Å². The Hall–Kier alpha value is -2.36. The molecule has 0 radical (unpaired) electrons. The summed E-state index contributed by atoms with van der Waals surface area (Å²) in [5.74, 6) is -3.26. The Balaban J connectivity index is 2.15. The average Bonchev–Trinajstić information content (AvgIpc) is 2.48. The maximum Gasteiger partial charge on any atom is 0.159 e. The summed E-state index contributed by atoms with van der Waals surface area (Å²) < 4.78 is 55.2.